The summed E-state index contributed by atoms with van der Waals surface area (Å²) in [5, 5.41) is 2.85. The average Bonchev–Trinajstić information content (AvgIpc) is 3.50. The molecule has 204 valence electrons. The van der Waals surface area contributed by atoms with Crippen molar-refractivity contribution in [3.05, 3.63) is 155 Å². The van der Waals surface area contributed by atoms with Crippen molar-refractivity contribution in [2.24, 2.45) is 0 Å². The lowest BCUT2D eigenvalue weighted by atomic mass is 9.87. The molecule has 2 amide bonds. The van der Waals surface area contributed by atoms with Gasteiger partial charge in [-0.3, -0.25) is 9.59 Å². The van der Waals surface area contributed by atoms with E-state index in [1.165, 1.54) is 5.56 Å². The van der Waals surface area contributed by atoms with Gasteiger partial charge in [0.05, 0.1) is 6.04 Å². The molecule has 0 fully saturated rings. The molecule has 1 aromatic heterocycles. The Morgan fingerprint density at radius 2 is 1.61 bits per heavy atom. The second-order valence-corrected chi connectivity index (χ2v) is 10.2. The van der Waals surface area contributed by atoms with Gasteiger partial charge in [-0.1, -0.05) is 72.3 Å². The van der Waals surface area contributed by atoms with E-state index in [1.54, 1.807) is 12.1 Å². The molecule has 41 heavy (non-hydrogen) atoms. The van der Waals surface area contributed by atoms with Crippen LogP contribution in [0.4, 0.5) is 5.69 Å². The smallest absolute Gasteiger partial charge is 0.291 e. The maximum Gasteiger partial charge on any atom is 0.291 e. The van der Waals surface area contributed by atoms with Crippen LogP contribution in [-0.2, 0) is 13.0 Å². The number of furan rings is 1. The zero-order chi connectivity index (χ0) is 28.2. The fourth-order valence-corrected chi connectivity index (χ4v) is 5.20. The predicted molar refractivity (Wildman–Crippen MR) is 158 cm³/mol. The Kier molecular flexibility index (Phi) is 7.37. The number of ether oxygens (including phenoxy) is 1. The van der Waals surface area contributed by atoms with Gasteiger partial charge in [-0.25, -0.2) is 0 Å². The van der Waals surface area contributed by atoms with Crippen LogP contribution in [0, 0.1) is 6.92 Å². The van der Waals surface area contributed by atoms with Crippen molar-refractivity contribution < 1.29 is 18.7 Å². The number of aryl methyl sites for hydroxylation is 1. The molecule has 0 aliphatic carbocycles. The third kappa shape index (κ3) is 5.77. The van der Waals surface area contributed by atoms with Gasteiger partial charge >= 0.3 is 0 Å². The van der Waals surface area contributed by atoms with Crippen LogP contribution >= 0.6 is 0 Å². The first-order valence-corrected chi connectivity index (χ1v) is 13.7. The monoisotopic (exact) mass is 542 g/mol. The van der Waals surface area contributed by atoms with Crippen LogP contribution in [0.3, 0.4) is 0 Å². The molecule has 2 heterocycles. The van der Waals surface area contributed by atoms with Crippen LogP contribution in [-0.4, -0.2) is 23.3 Å². The van der Waals surface area contributed by atoms with Gasteiger partial charge in [-0.15, -0.1) is 0 Å². The number of nitrogens with one attached hydrogen (secondary N) is 1. The summed E-state index contributed by atoms with van der Waals surface area (Å²) in [6.45, 7) is 2.79. The maximum absolute atomic E-state index is 13.6. The van der Waals surface area contributed by atoms with Gasteiger partial charge in [0.2, 0.25) is 0 Å². The number of fused-ring (bicyclic) bond motifs is 1. The fourth-order valence-electron chi connectivity index (χ4n) is 5.20. The number of hydrogen-bond acceptors (Lipinski definition) is 4. The van der Waals surface area contributed by atoms with Crippen molar-refractivity contribution in [2.45, 2.75) is 26.0 Å². The quantitative estimate of drug-likeness (QED) is 0.236. The Bertz CT molecular complexity index is 1660. The van der Waals surface area contributed by atoms with Crippen LogP contribution < -0.4 is 10.1 Å². The largest absolute Gasteiger partial charge is 0.486 e. The van der Waals surface area contributed by atoms with E-state index < -0.39 is 0 Å². The van der Waals surface area contributed by atoms with Crippen LogP contribution in [0.1, 0.15) is 55.0 Å². The normalized spacial score (nSPS) is 14.3. The van der Waals surface area contributed by atoms with Gasteiger partial charge in [-0.05, 0) is 78.6 Å². The molecule has 1 aliphatic rings. The average molecular weight is 543 g/mol. The minimum Gasteiger partial charge on any atom is -0.486 e. The molecule has 4 aromatic carbocycles. The molecule has 1 atom stereocenters. The second kappa shape index (κ2) is 11.6. The molecule has 1 unspecified atom stereocenters. The van der Waals surface area contributed by atoms with Crippen LogP contribution in [0.25, 0.3) is 0 Å². The van der Waals surface area contributed by atoms with E-state index in [1.807, 2.05) is 96.8 Å². The van der Waals surface area contributed by atoms with Gasteiger partial charge < -0.3 is 19.4 Å². The van der Waals surface area contributed by atoms with E-state index in [0.29, 0.717) is 29.3 Å². The van der Waals surface area contributed by atoms with Crippen molar-refractivity contribution in [3.8, 4) is 5.75 Å². The number of rotatable bonds is 7. The highest BCUT2D eigenvalue weighted by Crippen LogP contribution is 2.38. The molecule has 1 N–H and O–H groups in total. The summed E-state index contributed by atoms with van der Waals surface area (Å²) in [4.78, 5) is 28.2. The van der Waals surface area contributed by atoms with E-state index in [-0.39, 0.29) is 30.2 Å². The van der Waals surface area contributed by atoms with Crippen LogP contribution in [0.5, 0.6) is 5.75 Å². The summed E-state index contributed by atoms with van der Waals surface area (Å²) in [7, 11) is 0. The van der Waals surface area contributed by atoms with Gasteiger partial charge in [-0.2, -0.15) is 0 Å². The Hall–Kier alpha value is -5.10. The molecular formula is C35H30N2O4. The van der Waals surface area contributed by atoms with E-state index in [0.717, 1.165) is 23.1 Å². The highest BCUT2D eigenvalue weighted by atomic mass is 16.5. The minimum atomic E-state index is -0.317. The van der Waals surface area contributed by atoms with Gasteiger partial charge in [0.25, 0.3) is 11.8 Å². The van der Waals surface area contributed by atoms with Crippen molar-refractivity contribution in [1.29, 1.82) is 0 Å². The lowest BCUT2D eigenvalue weighted by molar-refractivity contribution is 0.0694. The number of anilines is 1. The Balaban J connectivity index is 1.21. The summed E-state index contributed by atoms with van der Waals surface area (Å²) in [6, 6.07) is 36.3. The molecular weight excluding hydrogens is 512 g/mol. The standard InChI is InChI=1S/C35H30N2O4/c1-24-12-15-28(16-13-24)36-34(38)32-19-18-30(41-32)23-40-29-17-14-25-20-21-37(35(39)27-10-6-3-7-11-27)33(31(25)22-29)26-8-4-2-5-9-26/h2-19,22,33H,20-21,23H2,1H3,(H,36,38). The molecule has 0 radical (unpaired) electrons. The summed E-state index contributed by atoms with van der Waals surface area (Å²) in [5.74, 6) is 1.11. The molecule has 5 aromatic rings. The highest BCUT2D eigenvalue weighted by Gasteiger charge is 2.33. The first kappa shape index (κ1) is 26.1. The first-order valence-electron chi connectivity index (χ1n) is 13.7. The predicted octanol–water partition coefficient (Wildman–Crippen LogP) is 7.21. The molecule has 0 spiro atoms. The van der Waals surface area contributed by atoms with E-state index in [4.69, 9.17) is 9.15 Å². The molecule has 0 bridgehead atoms. The molecule has 6 nitrogen and oxygen atoms in total. The molecule has 0 saturated heterocycles. The minimum absolute atomic E-state index is 0.00320. The van der Waals surface area contributed by atoms with Crippen molar-refractivity contribution in [1.82, 2.24) is 4.90 Å². The first-order chi connectivity index (χ1) is 20.0. The van der Waals surface area contributed by atoms with Gasteiger partial charge in [0.15, 0.2) is 5.76 Å². The van der Waals surface area contributed by atoms with Crippen LogP contribution in [0.15, 0.2) is 120 Å². The third-order valence-electron chi connectivity index (χ3n) is 7.32. The Morgan fingerprint density at radius 1 is 0.878 bits per heavy atom. The summed E-state index contributed by atoms with van der Waals surface area (Å²) in [6.07, 6.45) is 0.759. The maximum atomic E-state index is 13.6. The number of amides is 2. The number of hydrogen-bond donors (Lipinski definition) is 1. The highest BCUT2D eigenvalue weighted by molar-refractivity contribution is 6.02. The summed E-state index contributed by atoms with van der Waals surface area (Å²) >= 11 is 0. The molecule has 1 aliphatic heterocycles. The van der Waals surface area contributed by atoms with Gasteiger partial charge in [0, 0.05) is 17.8 Å². The van der Waals surface area contributed by atoms with E-state index >= 15 is 0 Å². The number of nitrogens with zero attached hydrogens (tertiary/aromatic N) is 1. The van der Waals surface area contributed by atoms with Crippen LogP contribution in [0.2, 0.25) is 0 Å². The van der Waals surface area contributed by atoms with Crippen molar-refractivity contribution in [2.75, 3.05) is 11.9 Å². The Morgan fingerprint density at radius 3 is 2.37 bits per heavy atom. The zero-order valence-corrected chi connectivity index (χ0v) is 22.7. The topological polar surface area (TPSA) is 71.8 Å². The number of carbonyl (C=O) groups excluding carboxylic acids is 2. The lowest BCUT2D eigenvalue weighted by Gasteiger charge is -2.38. The zero-order valence-electron chi connectivity index (χ0n) is 22.7. The van der Waals surface area contributed by atoms with Crippen molar-refractivity contribution in [3.63, 3.8) is 0 Å². The summed E-state index contributed by atoms with van der Waals surface area (Å²) < 4.78 is 11.9. The Labute approximate surface area is 239 Å². The summed E-state index contributed by atoms with van der Waals surface area (Å²) in [5.41, 5.74) is 5.78. The SMILES string of the molecule is Cc1ccc(NC(=O)c2ccc(COc3ccc4c(c3)C(c3ccccc3)N(C(=O)c3ccccc3)CC4)o2)cc1. The number of carbonyl (C=O) groups is 2. The molecule has 0 saturated carbocycles. The third-order valence-corrected chi connectivity index (χ3v) is 7.32. The molecule has 6 rings (SSSR count). The molecule has 6 heteroatoms. The second-order valence-electron chi connectivity index (χ2n) is 10.2. The van der Waals surface area contributed by atoms with Gasteiger partial charge in [0.1, 0.15) is 18.1 Å². The lowest BCUT2D eigenvalue weighted by Crippen LogP contribution is -2.40. The van der Waals surface area contributed by atoms with E-state index in [9.17, 15) is 9.59 Å². The fraction of sp³-hybridized carbons (Fsp3) is 0.143. The van der Waals surface area contributed by atoms with E-state index in [2.05, 4.69) is 23.5 Å². The number of benzene rings is 4. The van der Waals surface area contributed by atoms with Crippen molar-refractivity contribution >= 4 is 17.5 Å².